The van der Waals surface area contributed by atoms with Crippen LogP contribution in [0.1, 0.15) is 29.0 Å². The molecule has 0 spiro atoms. The van der Waals surface area contributed by atoms with Gasteiger partial charge in [0.2, 0.25) is 0 Å². The molecule has 1 fully saturated rings. The molecule has 0 radical (unpaired) electrons. The van der Waals surface area contributed by atoms with Gasteiger partial charge in [0.1, 0.15) is 5.76 Å². The molecule has 1 saturated heterocycles. The highest BCUT2D eigenvalue weighted by Gasteiger charge is 2.32. The molecular weight excluding hydrogens is 232 g/mol. The number of carbonyl (C=O) groups excluding carboxylic acids is 1. The maximum atomic E-state index is 12.4. The molecule has 0 saturated carbocycles. The average Bonchev–Trinajstić information content (AvgIpc) is 2.83. The average molecular weight is 252 g/mol. The third-order valence-corrected chi connectivity index (χ3v) is 3.62. The Morgan fingerprint density at radius 3 is 3.00 bits per heavy atom. The van der Waals surface area contributed by atoms with Gasteiger partial charge in [0.15, 0.2) is 0 Å². The number of piperidine rings is 1. The van der Waals surface area contributed by atoms with Gasteiger partial charge in [-0.1, -0.05) is 0 Å². The number of carbonyl (C=O) groups is 1. The predicted octanol–water partition coefficient (Wildman–Crippen LogP) is 1.17. The summed E-state index contributed by atoms with van der Waals surface area (Å²) in [7, 11) is 1.70. The zero-order valence-corrected chi connectivity index (χ0v) is 10.9. The zero-order chi connectivity index (χ0) is 13.1. The van der Waals surface area contributed by atoms with Crippen LogP contribution in [0, 0.1) is 6.92 Å². The number of furan rings is 1. The monoisotopic (exact) mass is 252 g/mol. The second-order valence-electron chi connectivity index (χ2n) is 4.66. The molecule has 5 nitrogen and oxygen atoms in total. The lowest BCUT2D eigenvalue weighted by Gasteiger charge is -2.38. The Morgan fingerprint density at radius 1 is 1.67 bits per heavy atom. The second-order valence-corrected chi connectivity index (χ2v) is 4.66. The van der Waals surface area contributed by atoms with E-state index in [1.807, 2.05) is 4.90 Å². The number of aryl methyl sites for hydroxylation is 1. The number of rotatable bonds is 3. The largest absolute Gasteiger partial charge is 0.469 e. The Morgan fingerprint density at radius 2 is 2.44 bits per heavy atom. The highest BCUT2D eigenvalue weighted by atomic mass is 16.5. The fourth-order valence-electron chi connectivity index (χ4n) is 2.48. The molecule has 1 aromatic rings. The Hall–Kier alpha value is -1.33. The van der Waals surface area contributed by atoms with E-state index in [1.165, 1.54) is 0 Å². The van der Waals surface area contributed by atoms with Gasteiger partial charge in [-0.2, -0.15) is 0 Å². The molecule has 2 rings (SSSR count). The van der Waals surface area contributed by atoms with E-state index in [-0.39, 0.29) is 18.1 Å². The van der Waals surface area contributed by atoms with Crippen molar-refractivity contribution in [3.05, 3.63) is 23.7 Å². The van der Waals surface area contributed by atoms with E-state index in [0.717, 1.165) is 12.8 Å². The first-order chi connectivity index (χ1) is 8.67. The van der Waals surface area contributed by atoms with E-state index in [2.05, 4.69) is 0 Å². The van der Waals surface area contributed by atoms with Crippen molar-refractivity contribution in [2.75, 3.05) is 20.2 Å². The first-order valence-electron chi connectivity index (χ1n) is 6.25. The molecule has 1 aliphatic rings. The lowest BCUT2D eigenvalue weighted by Crippen LogP contribution is -2.51. The minimum Gasteiger partial charge on any atom is -0.469 e. The summed E-state index contributed by atoms with van der Waals surface area (Å²) in [5, 5.41) is 0. The molecule has 2 heterocycles. The van der Waals surface area contributed by atoms with E-state index in [4.69, 9.17) is 14.9 Å². The van der Waals surface area contributed by atoms with Crippen LogP contribution in [0.25, 0.3) is 0 Å². The molecule has 1 aliphatic heterocycles. The summed E-state index contributed by atoms with van der Waals surface area (Å²) in [4.78, 5) is 14.3. The molecule has 0 aromatic carbocycles. The number of amides is 1. The summed E-state index contributed by atoms with van der Waals surface area (Å²) in [6, 6.07) is 1.76. The van der Waals surface area contributed by atoms with E-state index in [0.29, 0.717) is 24.4 Å². The van der Waals surface area contributed by atoms with Crippen LogP contribution in [-0.2, 0) is 4.74 Å². The fourth-order valence-corrected chi connectivity index (χ4v) is 2.48. The van der Waals surface area contributed by atoms with Crippen molar-refractivity contribution >= 4 is 5.91 Å². The Balaban J connectivity index is 2.13. The standard InChI is InChI=1S/C13H20N2O3/c1-9-12(4-6-18-9)13(16)15-5-3-11(17-2)7-10(15)8-14/h4,6,10-11H,3,5,7-8,14H2,1-2H3/t10-,11+/m1/s1. The van der Waals surface area contributed by atoms with Crippen molar-refractivity contribution in [1.29, 1.82) is 0 Å². The predicted molar refractivity (Wildman–Crippen MR) is 67.4 cm³/mol. The van der Waals surface area contributed by atoms with Gasteiger partial charge < -0.3 is 19.8 Å². The number of hydrogen-bond donors (Lipinski definition) is 1. The van der Waals surface area contributed by atoms with Crippen molar-refractivity contribution in [1.82, 2.24) is 4.90 Å². The summed E-state index contributed by atoms with van der Waals surface area (Å²) in [5.41, 5.74) is 6.40. The molecular formula is C13H20N2O3. The van der Waals surface area contributed by atoms with Gasteiger partial charge in [-0.15, -0.1) is 0 Å². The van der Waals surface area contributed by atoms with Crippen LogP contribution in [0.3, 0.4) is 0 Å². The number of nitrogens with two attached hydrogens (primary N) is 1. The molecule has 0 bridgehead atoms. The normalized spacial score (nSPS) is 24.3. The molecule has 100 valence electrons. The third kappa shape index (κ3) is 2.42. The van der Waals surface area contributed by atoms with Crippen LogP contribution in [-0.4, -0.2) is 43.2 Å². The summed E-state index contributed by atoms with van der Waals surface area (Å²) >= 11 is 0. The maximum Gasteiger partial charge on any atom is 0.257 e. The van der Waals surface area contributed by atoms with Crippen molar-refractivity contribution < 1.29 is 13.9 Å². The topological polar surface area (TPSA) is 68.7 Å². The fraction of sp³-hybridized carbons (Fsp3) is 0.615. The Kier molecular flexibility index (Phi) is 4.04. The number of likely N-dealkylation sites (tertiary alicyclic amines) is 1. The van der Waals surface area contributed by atoms with E-state index in [1.54, 1.807) is 26.4 Å². The number of methoxy groups -OCH3 is 1. The summed E-state index contributed by atoms with van der Waals surface area (Å²) in [6.07, 6.45) is 3.40. The van der Waals surface area contributed by atoms with E-state index in [9.17, 15) is 4.79 Å². The molecule has 18 heavy (non-hydrogen) atoms. The lowest BCUT2D eigenvalue weighted by molar-refractivity contribution is 0.0138. The van der Waals surface area contributed by atoms with Gasteiger partial charge in [-0.25, -0.2) is 0 Å². The summed E-state index contributed by atoms with van der Waals surface area (Å²) in [6.45, 7) is 2.94. The van der Waals surface area contributed by atoms with Crippen LogP contribution in [0.5, 0.6) is 0 Å². The molecule has 5 heteroatoms. The van der Waals surface area contributed by atoms with Crippen molar-refractivity contribution in [2.45, 2.75) is 31.9 Å². The molecule has 0 unspecified atom stereocenters. The molecule has 1 amide bonds. The van der Waals surface area contributed by atoms with Gasteiger partial charge in [0, 0.05) is 26.2 Å². The number of nitrogens with zero attached hydrogens (tertiary/aromatic N) is 1. The van der Waals surface area contributed by atoms with Crippen LogP contribution in [0.2, 0.25) is 0 Å². The Labute approximate surface area is 107 Å². The molecule has 2 N–H and O–H groups in total. The van der Waals surface area contributed by atoms with E-state index < -0.39 is 0 Å². The highest BCUT2D eigenvalue weighted by molar-refractivity contribution is 5.95. The van der Waals surface area contributed by atoms with Gasteiger partial charge in [0.25, 0.3) is 5.91 Å². The first kappa shape index (κ1) is 13.1. The van der Waals surface area contributed by atoms with Crippen molar-refractivity contribution in [3.63, 3.8) is 0 Å². The SMILES string of the molecule is CO[C@H]1CCN(C(=O)c2ccoc2C)[C@@H](CN)C1. The minimum absolute atomic E-state index is 0.00579. The second kappa shape index (κ2) is 5.54. The quantitative estimate of drug-likeness (QED) is 0.876. The van der Waals surface area contributed by atoms with Crippen LogP contribution in [0.4, 0.5) is 0 Å². The molecule has 2 atom stereocenters. The van der Waals surface area contributed by atoms with Crippen molar-refractivity contribution in [3.8, 4) is 0 Å². The van der Waals surface area contributed by atoms with Gasteiger partial charge in [-0.3, -0.25) is 4.79 Å². The van der Waals surface area contributed by atoms with Gasteiger partial charge in [-0.05, 0) is 25.8 Å². The van der Waals surface area contributed by atoms with Crippen molar-refractivity contribution in [2.24, 2.45) is 5.73 Å². The third-order valence-electron chi connectivity index (χ3n) is 3.62. The molecule has 1 aromatic heterocycles. The summed E-state index contributed by atoms with van der Waals surface area (Å²) in [5.74, 6) is 0.663. The van der Waals surface area contributed by atoms with Gasteiger partial charge >= 0.3 is 0 Å². The smallest absolute Gasteiger partial charge is 0.257 e. The van der Waals surface area contributed by atoms with Gasteiger partial charge in [0.05, 0.1) is 17.9 Å². The number of ether oxygens (including phenoxy) is 1. The van der Waals surface area contributed by atoms with Crippen LogP contribution < -0.4 is 5.73 Å². The van der Waals surface area contributed by atoms with Crippen LogP contribution in [0.15, 0.2) is 16.7 Å². The Bertz CT molecular complexity index is 416. The maximum absolute atomic E-state index is 12.4. The van der Waals surface area contributed by atoms with E-state index >= 15 is 0 Å². The minimum atomic E-state index is 0.00579. The highest BCUT2D eigenvalue weighted by Crippen LogP contribution is 2.22. The molecule has 0 aliphatic carbocycles. The number of hydrogen-bond acceptors (Lipinski definition) is 4. The zero-order valence-electron chi connectivity index (χ0n) is 10.9. The lowest BCUT2D eigenvalue weighted by atomic mass is 9.98. The first-order valence-corrected chi connectivity index (χ1v) is 6.25. The van der Waals surface area contributed by atoms with Crippen LogP contribution >= 0.6 is 0 Å². The summed E-state index contributed by atoms with van der Waals surface area (Å²) < 4.78 is 10.5.